The molecule has 0 N–H and O–H groups in total. The number of hydrogen-bond acceptors (Lipinski definition) is 2. The average Bonchev–Trinajstić information content (AvgIpc) is 3.35. The minimum atomic E-state index is -3.42. The Hall–Kier alpha value is -7.14. The number of aryl methyl sites for hydroxylation is 3. The zero-order valence-corrected chi connectivity index (χ0v) is 42.8. The van der Waals surface area contributed by atoms with E-state index in [1.807, 2.05) is 0 Å². The molecule has 0 aliphatic carbocycles. The molecular weight excluding hydrogens is 848 g/mol. The van der Waals surface area contributed by atoms with Crippen LogP contribution < -0.4 is 46.9 Å². The van der Waals surface area contributed by atoms with Gasteiger partial charge in [0.1, 0.15) is 0 Å². The van der Waals surface area contributed by atoms with Gasteiger partial charge in [0.15, 0.2) is 0 Å². The second-order valence-corrected chi connectivity index (χ2v) is 26.3. The van der Waals surface area contributed by atoms with E-state index in [1.54, 1.807) is 0 Å². The Balaban J connectivity index is 1.28. The summed E-state index contributed by atoms with van der Waals surface area (Å²) in [4.78, 5) is 5.17. The van der Waals surface area contributed by atoms with Crippen LogP contribution in [0.1, 0.15) is 69.4 Å². The van der Waals surface area contributed by atoms with Crippen molar-refractivity contribution in [3.8, 4) is 11.1 Å². The van der Waals surface area contributed by atoms with Crippen molar-refractivity contribution < 1.29 is 0 Å². The van der Waals surface area contributed by atoms with Crippen molar-refractivity contribution in [2.45, 2.75) is 73.1 Å². The molecule has 2 aliphatic rings. The van der Waals surface area contributed by atoms with Crippen molar-refractivity contribution in [2.24, 2.45) is 0 Å². The molecule has 2 aliphatic heterocycles. The van der Waals surface area contributed by atoms with Crippen molar-refractivity contribution in [3.63, 3.8) is 0 Å². The molecule has 4 heteroatoms. The zero-order chi connectivity index (χ0) is 47.8. The molecule has 0 aromatic heterocycles. The van der Waals surface area contributed by atoms with E-state index >= 15 is 0 Å². The van der Waals surface area contributed by atoms with Crippen LogP contribution in [-0.4, -0.2) is 14.8 Å². The molecule has 0 spiro atoms. The summed E-state index contributed by atoms with van der Waals surface area (Å²) in [5.41, 5.74) is 20.1. The van der Waals surface area contributed by atoms with Crippen molar-refractivity contribution in [1.29, 1.82) is 0 Å². The first-order valence-electron chi connectivity index (χ1n) is 24.9. The first-order chi connectivity index (χ1) is 33.2. The third kappa shape index (κ3) is 7.48. The van der Waals surface area contributed by atoms with Crippen molar-refractivity contribution in [1.82, 2.24) is 0 Å². The number of para-hydroxylation sites is 1. The van der Waals surface area contributed by atoms with Crippen LogP contribution in [0.15, 0.2) is 206 Å². The summed E-state index contributed by atoms with van der Waals surface area (Å²) < 4.78 is 0. The number of hydrogen-bond donors (Lipinski definition) is 0. The predicted molar refractivity (Wildman–Crippen MR) is 303 cm³/mol. The number of nitrogens with zero attached hydrogens (tertiary/aromatic N) is 2. The van der Waals surface area contributed by atoms with Gasteiger partial charge in [-0.05, 0) is 0 Å². The van der Waals surface area contributed by atoms with Gasteiger partial charge < -0.3 is 0 Å². The van der Waals surface area contributed by atoms with Gasteiger partial charge in [-0.25, -0.2) is 0 Å². The molecule has 340 valence electrons. The Kier molecular flexibility index (Phi) is 10.8. The first kappa shape index (κ1) is 44.4. The van der Waals surface area contributed by atoms with E-state index in [-0.39, 0.29) is 17.5 Å². The number of anilines is 6. The molecule has 9 aromatic rings. The van der Waals surface area contributed by atoms with E-state index < -0.39 is 8.07 Å². The summed E-state index contributed by atoms with van der Waals surface area (Å²) >= 11 is 0. The number of fused-ring (bicyclic) bond motifs is 4. The van der Waals surface area contributed by atoms with Crippen LogP contribution in [0.25, 0.3) is 11.1 Å². The van der Waals surface area contributed by atoms with Crippen LogP contribution in [0.5, 0.6) is 0 Å². The predicted octanol–water partition coefficient (Wildman–Crippen LogP) is 12.1. The van der Waals surface area contributed by atoms with Gasteiger partial charge in [-0.2, -0.15) is 0 Å². The van der Waals surface area contributed by atoms with Crippen molar-refractivity contribution in [2.75, 3.05) is 9.80 Å². The maximum absolute atomic E-state index is 3.42. The van der Waals surface area contributed by atoms with Gasteiger partial charge >= 0.3 is 393 Å². The Morgan fingerprint density at radius 2 is 0.841 bits per heavy atom. The third-order valence-corrected chi connectivity index (χ3v) is 20.8. The van der Waals surface area contributed by atoms with E-state index in [9.17, 15) is 0 Å². The fourth-order valence-electron chi connectivity index (χ4n) is 11.7. The Morgan fingerprint density at radius 3 is 1.45 bits per heavy atom. The van der Waals surface area contributed by atoms with Gasteiger partial charge in [-0.3, -0.25) is 0 Å². The van der Waals surface area contributed by atoms with E-state index in [2.05, 4.69) is 278 Å². The van der Waals surface area contributed by atoms with Crippen LogP contribution in [0.3, 0.4) is 0 Å². The number of rotatable bonds is 7. The van der Waals surface area contributed by atoms with Crippen molar-refractivity contribution in [3.05, 3.63) is 234 Å². The zero-order valence-electron chi connectivity index (χ0n) is 41.7. The summed E-state index contributed by atoms with van der Waals surface area (Å²) in [6.45, 7) is 20.6. The second-order valence-electron chi connectivity index (χ2n) is 21.9. The van der Waals surface area contributed by atoms with Crippen LogP contribution in [0, 0.1) is 20.8 Å². The molecule has 9 aromatic carbocycles. The molecule has 0 bridgehead atoms. The summed E-state index contributed by atoms with van der Waals surface area (Å²) in [6, 6.07) is 79.7. The molecule has 0 radical (unpaired) electrons. The molecule has 0 atom stereocenters. The maximum atomic E-state index is 2.67. The van der Waals surface area contributed by atoms with Gasteiger partial charge in [-0.1, -0.05) is 20.8 Å². The number of benzene rings is 9. The van der Waals surface area contributed by atoms with E-state index in [1.165, 1.54) is 110 Å². The molecule has 0 saturated heterocycles. The molecule has 2 heterocycles. The third-order valence-electron chi connectivity index (χ3n) is 15.3. The van der Waals surface area contributed by atoms with Gasteiger partial charge in [0.2, 0.25) is 0 Å². The quantitative estimate of drug-likeness (QED) is 0.116. The van der Waals surface area contributed by atoms with Crippen LogP contribution in [0.4, 0.5) is 34.1 Å². The molecule has 11 rings (SSSR count). The summed E-state index contributed by atoms with van der Waals surface area (Å²) in [7, 11) is -3.42. The standard InChI is InChI=1S/C65H62BN2Si/c1-44-24-33-52(34-25-44)69(51-20-14-11-15-21-51,53-35-26-45(2)27-36-53)54-37-39-60-57(43-54)66-56-42-49(65(7,8)9)30-38-59(56)67(50-31-28-48(29-32-50)64(4,5)6)61-40-46(3)41-62(63(61)66)68(60)58-23-17-16-22-55(58)47-18-12-10-13-19-47/h10-43,69H,1-9H3/q-1. The van der Waals surface area contributed by atoms with Crippen LogP contribution in [-0.2, 0) is 10.8 Å². The monoisotopic (exact) mass is 909 g/mol. The summed E-state index contributed by atoms with van der Waals surface area (Å²) in [5, 5.41) is 5.62. The van der Waals surface area contributed by atoms with Crippen LogP contribution in [0.2, 0.25) is 0 Å². The van der Waals surface area contributed by atoms with Crippen molar-refractivity contribution >= 4 is 86.0 Å². The fraction of sp³-hybridized carbons (Fsp3) is 0.169. The van der Waals surface area contributed by atoms with Gasteiger partial charge in [0, 0.05) is 0 Å². The molecular formula is C65H62BN2Si-. The van der Waals surface area contributed by atoms with Gasteiger partial charge in [0.05, 0.1) is 0 Å². The Morgan fingerprint density at radius 1 is 0.362 bits per heavy atom. The van der Waals surface area contributed by atoms with Gasteiger partial charge in [0.25, 0.3) is 0 Å². The Bertz CT molecular complexity index is 3320. The first-order valence-corrected chi connectivity index (χ1v) is 27.2. The SMILES string of the molecule is Cc1ccc([SiH-](c2ccccc2)(c2ccc(C)cc2)c2ccc3c(c2)B2c4cc(C(C)(C)C)ccc4N(c4ccc(C(C)(C)C)cc4)c4cc(C)cc(c42)N3c2ccccc2-c2ccccc2)cc1. The van der Waals surface area contributed by atoms with E-state index in [0.717, 1.165) is 0 Å². The van der Waals surface area contributed by atoms with E-state index in [4.69, 9.17) is 0 Å². The Labute approximate surface area is 412 Å². The second kappa shape index (κ2) is 16.8. The molecule has 0 saturated carbocycles. The normalized spacial score (nSPS) is 13.4. The average molecular weight is 910 g/mol. The minimum absolute atomic E-state index is 0.0394. The fourth-order valence-corrected chi connectivity index (χ4v) is 17.1. The van der Waals surface area contributed by atoms with Gasteiger partial charge in [-0.15, -0.1) is 0 Å². The topological polar surface area (TPSA) is 6.48 Å². The molecule has 2 nitrogen and oxygen atoms in total. The molecule has 0 unspecified atom stereocenters. The molecule has 69 heavy (non-hydrogen) atoms. The molecule has 0 fully saturated rings. The summed E-state index contributed by atoms with van der Waals surface area (Å²) in [5.74, 6) is 0. The summed E-state index contributed by atoms with van der Waals surface area (Å²) in [6.07, 6.45) is 0. The molecule has 0 amide bonds. The van der Waals surface area contributed by atoms with E-state index in [0.29, 0.717) is 0 Å². The van der Waals surface area contributed by atoms with Crippen LogP contribution >= 0.6 is 0 Å².